The number of rotatable bonds is 4. The van der Waals surface area contributed by atoms with E-state index in [0.717, 1.165) is 33.5 Å². The summed E-state index contributed by atoms with van der Waals surface area (Å²) in [4.78, 5) is 19.1. The number of aromatic carboxylic acids is 1. The SMILES string of the molecule is COc1cccc(-c2ccc(-c3cc(C(=O)O)c4nc(C)[nH]c4c3)cc2)c1. The summed E-state index contributed by atoms with van der Waals surface area (Å²) in [6, 6.07) is 19.5. The normalized spacial score (nSPS) is 10.9. The number of hydrogen-bond donors (Lipinski definition) is 2. The number of aromatic amines is 1. The van der Waals surface area contributed by atoms with Crippen molar-refractivity contribution in [3.63, 3.8) is 0 Å². The molecule has 27 heavy (non-hydrogen) atoms. The van der Waals surface area contributed by atoms with Crippen molar-refractivity contribution in [3.05, 3.63) is 72.1 Å². The van der Waals surface area contributed by atoms with Gasteiger partial charge in [0, 0.05) is 0 Å². The third-order valence-corrected chi connectivity index (χ3v) is 4.56. The topological polar surface area (TPSA) is 75.2 Å². The van der Waals surface area contributed by atoms with Gasteiger partial charge in [0.2, 0.25) is 0 Å². The molecule has 3 aromatic carbocycles. The third kappa shape index (κ3) is 3.15. The van der Waals surface area contributed by atoms with E-state index in [1.54, 1.807) is 13.2 Å². The van der Waals surface area contributed by atoms with E-state index in [2.05, 4.69) is 9.97 Å². The van der Waals surface area contributed by atoms with Crippen molar-refractivity contribution in [1.82, 2.24) is 9.97 Å². The number of fused-ring (bicyclic) bond motifs is 1. The van der Waals surface area contributed by atoms with Crippen LogP contribution >= 0.6 is 0 Å². The Labute approximate surface area is 156 Å². The molecule has 5 nitrogen and oxygen atoms in total. The molecule has 134 valence electrons. The molecule has 0 saturated carbocycles. The van der Waals surface area contributed by atoms with E-state index in [0.29, 0.717) is 11.3 Å². The smallest absolute Gasteiger partial charge is 0.337 e. The monoisotopic (exact) mass is 358 g/mol. The molecule has 0 radical (unpaired) electrons. The average molecular weight is 358 g/mol. The van der Waals surface area contributed by atoms with E-state index in [4.69, 9.17) is 4.74 Å². The Morgan fingerprint density at radius 3 is 2.33 bits per heavy atom. The second kappa shape index (κ2) is 6.61. The summed E-state index contributed by atoms with van der Waals surface area (Å²) >= 11 is 0. The molecule has 5 heteroatoms. The lowest BCUT2D eigenvalue weighted by Gasteiger charge is -2.08. The zero-order valence-corrected chi connectivity index (χ0v) is 15.0. The summed E-state index contributed by atoms with van der Waals surface area (Å²) in [5, 5.41) is 9.54. The van der Waals surface area contributed by atoms with Gasteiger partial charge < -0.3 is 14.8 Å². The molecular weight excluding hydrogens is 340 g/mol. The fourth-order valence-electron chi connectivity index (χ4n) is 3.23. The Bertz CT molecular complexity index is 1140. The first-order valence-corrected chi connectivity index (χ1v) is 8.53. The minimum absolute atomic E-state index is 0.198. The van der Waals surface area contributed by atoms with Crippen LogP contribution in [0.4, 0.5) is 0 Å². The third-order valence-electron chi connectivity index (χ3n) is 4.56. The zero-order chi connectivity index (χ0) is 19.0. The second-order valence-electron chi connectivity index (χ2n) is 6.36. The van der Waals surface area contributed by atoms with Gasteiger partial charge in [-0.3, -0.25) is 0 Å². The van der Waals surface area contributed by atoms with Gasteiger partial charge in [-0.2, -0.15) is 0 Å². The molecule has 4 aromatic rings. The van der Waals surface area contributed by atoms with E-state index in [-0.39, 0.29) is 5.56 Å². The molecule has 4 rings (SSSR count). The van der Waals surface area contributed by atoms with Crippen LogP contribution in [0.15, 0.2) is 60.7 Å². The van der Waals surface area contributed by atoms with Crippen LogP contribution in [0.1, 0.15) is 16.2 Å². The Kier molecular flexibility index (Phi) is 4.12. The van der Waals surface area contributed by atoms with Crippen molar-refractivity contribution < 1.29 is 14.6 Å². The van der Waals surface area contributed by atoms with Crippen molar-refractivity contribution in [1.29, 1.82) is 0 Å². The summed E-state index contributed by atoms with van der Waals surface area (Å²) in [6.07, 6.45) is 0. The van der Waals surface area contributed by atoms with Crippen LogP contribution in [-0.2, 0) is 0 Å². The highest BCUT2D eigenvalue weighted by atomic mass is 16.5. The molecule has 0 aliphatic rings. The van der Waals surface area contributed by atoms with Gasteiger partial charge in [-0.15, -0.1) is 0 Å². The Morgan fingerprint density at radius 1 is 0.963 bits per heavy atom. The van der Waals surface area contributed by atoms with Crippen molar-refractivity contribution in [3.8, 4) is 28.0 Å². The first-order valence-electron chi connectivity index (χ1n) is 8.53. The second-order valence-corrected chi connectivity index (χ2v) is 6.36. The lowest BCUT2D eigenvalue weighted by molar-refractivity contribution is 0.0699. The zero-order valence-electron chi connectivity index (χ0n) is 15.0. The van der Waals surface area contributed by atoms with E-state index in [9.17, 15) is 9.90 Å². The molecule has 0 aliphatic carbocycles. The molecule has 0 aliphatic heterocycles. The molecular formula is C22H18N2O3. The quantitative estimate of drug-likeness (QED) is 0.543. The minimum Gasteiger partial charge on any atom is -0.497 e. The summed E-state index contributed by atoms with van der Waals surface area (Å²) in [5.41, 5.74) is 5.31. The number of hydrogen-bond acceptors (Lipinski definition) is 3. The molecule has 0 fully saturated rings. The molecule has 2 N–H and O–H groups in total. The van der Waals surface area contributed by atoms with Crippen LogP contribution in [0, 0.1) is 6.92 Å². The number of carbonyl (C=O) groups is 1. The maximum Gasteiger partial charge on any atom is 0.337 e. The molecule has 0 saturated heterocycles. The first kappa shape index (κ1) is 16.8. The Balaban J connectivity index is 1.76. The number of aromatic nitrogens is 2. The van der Waals surface area contributed by atoms with E-state index in [1.165, 1.54) is 0 Å². The van der Waals surface area contributed by atoms with Gasteiger partial charge in [0.15, 0.2) is 0 Å². The van der Waals surface area contributed by atoms with E-state index >= 15 is 0 Å². The Morgan fingerprint density at radius 2 is 1.67 bits per heavy atom. The predicted octanol–water partition coefficient (Wildman–Crippen LogP) is 4.91. The average Bonchev–Trinajstić information content (AvgIpc) is 3.07. The highest BCUT2D eigenvalue weighted by Gasteiger charge is 2.14. The van der Waals surface area contributed by atoms with Gasteiger partial charge in [-0.1, -0.05) is 36.4 Å². The largest absolute Gasteiger partial charge is 0.497 e. The van der Waals surface area contributed by atoms with Crippen molar-refractivity contribution >= 4 is 17.0 Å². The molecule has 0 bridgehead atoms. The van der Waals surface area contributed by atoms with Crippen LogP contribution in [0.5, 0.6) is 5.75 Å². The van der Waals surface area contributed by atoms with Gasteiger partial charge in [0.1, 0.15) is 17.1 Å². The number of methoxy groups -OCH3 is 1. The van der Waals surface area contributed by atoms with E-state index in [1.807, 2.05) is 61.5 Å². The summed E-state index contributed by atoms with van der Waals surface area (Å²) in [7, 11) is 1.65. The van der Waals surface area contributed by atoms with Crippen molar-refractivity contribution in [2.24, 2.45) is 0 Å². The number of aryl methyl sites for hydroxylation is 1. The maximum absolute atomic E-state index is 11.6. The van der Waals surface area contributed by atoms with Gasteiger partial charge in [0.05, 0.1) is 18.2 Å². The highest BCUT2D eigenvalue weighted by Crippen LogP contribution is 2.30. The summed E-state index contributed by atoms with van der Waals surface area (Å²) in [6.45, 7) is 1.81. The lowest BCUT2D eigenvalue weighted by atomic mass is 9.98. The maximum atomic E-state index is 11.6. The lowest BCUT2D eigenvalue weighted by Crippen LogP contribution is -1.98. The number of H-pyrrole nitrogens is 1. The predicted molar refractivity (Wildman–Crippen MR) is 105 cm³/mol. The van der Waals surface area contributed by atoms with Crippen LogP contribution in [0.25, 0.3) is 33.3 Å². The Hall–Kier alpha value is -3.60. The number of nitrogens with zero attached hydrogens (tertiary/aromatic N) is 1. The standard InChI is InChI=1S/C22H18N2O3/c1-13-23-20-12-17(11-19(22(25)26)21(20)24-13)15-8-6-14(7-9-15)16-4-3-5-18(10-16)27-2/h3-12H,1-2H3,(H,23,24)(H,25,26). The van der Waals surface area contributed by atoms with Gasteiger partial charge in [-0.05, 0) is 53.4 Å². The van der Waals surface area contributed by atoms with Gasteiger partial charge >= 0.3 is 5.97 Å². The highest BCUT2D eigenvalue weighted by molar-refractivity contribution is 6.03. The molecule has 1 heterocycles. The van der Waals surface area contributed by atoms with Crippen LogP contribution in [-0.4, -0.2) is 28.2 Å². The molecule has 0 amide bonds. The molecule has 0 unspecified atom stereocenters. The van der Waals surface area contributed by atoms with Crippen LogP contribution in [0.3, 0.4) is 0 Å². The summed E-state index contributed by atoms with van der Waals surface area (Å²) in [5.74, 6) is 0.516. The van der Waals surface area contributed by atoms with E-state index < -0.39 is 5.97 Å². The number of ether oxygens (including phenoxy) is 1. The van der Waals surface area contributed by atoms with Gasteiger partial charge in [-0.25, -0.2) is 9.78 Å². The van der Waals surface area contributed by atoms with Gasteiger partial charge in [0.25, 0.3) is 0 Å². The minimum atomic E-state index is -0.985. The van der Waals surface area contributed by atoms with Crippen LogP contribution < -0.4 is 4.74 Å². The number of carboxylic acid groups (broad SMARTS) is 1. The fraction of sp³-hybridized carbons (Fsp3) is 0.0909. The number of carboxylic acids is 1. The van der Waals surface area contributed by atoms with Crippen molar-refractivity contribution in [2.75, 3.05) is 7.11 Å². The van der Waals surface area contributed by atoms with Crippen molar-refractivity contribution in [2.45, 2.75) is 6.92 Å². The molecule has 0 atom stereocenters. The molecule has 1 aromatic heterocycles. The molecule has 0 spiro atoms. The van der Waals surface area contributed by atoms with Crippen LogP contribution in [0.2, 0.25) is 0 Å². The number of benzene rings is 3. The summed E-state index contributed by atoms with van der Waals surface area (Å²) < 4.78 is 5.28. The fourth-order valence-corrected chi connectivity index (χ4v) is 3.23. The number of imidazole rings is 1. The number of nitrogens with one attached hydrogen (secondary N) is 1. The first-order chi connectivity index (χ1) is 13.0.